The largest absolute Gasteiger partial charge is 0.323 e. The minimum absolute atomic E-state index is 0. The van der Waals surface area contributed by atoms with Gasteiger partial charge < -0.3 is 5.43 Å². The first-order valence-corrected chi connectivity index (χ1v) is 13.3. The first kappa shape index (κ1) is 26.9. The zero-order valence-corrected chi connectivity index (χ0v) is 20.7. The van der Waals surface area contributed by atoms with E-state index >= 15 is 0 Å². The van der Waals surface area contributed by atoms with Gasteiger partial charge in [0.2, 0.25) is 0 Å². The Morgan fingerprint density at radius 3 is 2.03 bits per heavy atom. The van der Waals surface area contributed by atoms with Crippen LogP contribution in [0.1, 0.15) is 0 Å². The molecule has 3 N–H and O–H groups in total. The minimum atomic E-state index is -3.24. The summed E-state index contributed by atoms with van der Waals surface area (Å²) >= 11 is 0. The van der Waals surface area contributed by atoms with Crippen molar-refractivity contribution in [2.24, 2.45) is 5.84 Å². The Kier molecular flexibility index (Phi) is 8.87. The summed E-state index contributed by atoms with van der Waals surface area (Å²) in [5.41, 5.74) is 4.84. The molecule has 0 radical (unpaired) electrons. The van der Waals surface area contributed by atoms with Gasteiger partial charge >= 0.3 is 0 Å². The van der Waals surface area contributed by atoms with E-state index in [1.54, 1.807) is 23.0 Å². The molecule has 0 saturated heterocycles. The van der Waals surface area contributed by atoms with Crippen molar-refractivity contribution in [3.8, 4) is 17.1 Å². The number of anilines is 1. The van der Waals surface area contributed by atoms with Gasteiger partial charge in [-0.05, 0) is 30.3 Å². The molecule has 0 aliphatic carbocycles. The molecule has 0 aliphatic rings. The summed E-state index contributed by atoms with van der Waals surface area (Å²) in [4.78, 5) is 8.08. The highest BCUT2D eigenvalue weighted by atomic mass is 35.5. The fourth-order valence-electron chi connectivity index (χ4n) is 2.72. The Balaban J connectivity index is 0.000000270. The predicted octanol–water partition coefficient (Wildman–Crippen LogP) is 2.53. The van der Waals surface area contributed by atoms with E-state index in [2.05, 4.69) is 20.5 Å². The number of pyridine rings is 2. The molecule has 0 saturated carbocycles. The Bertz CT molecular complexity index is 1420. The van der Waals surface area contributed by atoms with Crippen LogP contribution in [0.4, 0.5) is 5.69 Å². The Morgan fingerprint density at radius 1 is 0.824 bits per heavy atom. The van der Waals surface area contributed by atoms with Crippen molar-refractivity contribution in [1.29, 1.82) is 0 Å². The Labute approximate surface area is 204 Å². The molecule has 4 rings (SSSR count). The van der Waals surface area contributed by atoms with Crippen molar-refractivity contribution in [3.05, 3.63) is 79.3 Å². The molecule has 0 fully saturated rings. The van der Waals surface area contributed by atoms with Crippen LogP contribution in [0.3, 0.4) is 0 Å². The molecule has 0 atom stereocenters. The van der Waals surface area contributed by atoms with Crippen molar-refractivity contribution in [2.45, 2.75) is 9.92 Å². The molecule has 1 aromatic carbocycles. The maximum Gasteiger partial charge on any atom is 0.192 e. The number of nitrogens with zero attached hydrogens (tertiary/aromatic N) is 4. The quantitative estimate of drug-likeness (QED) is 0.297. The van der Waals surface area contributed by atoms with E-state index in [1.807, 2.05) is 36.4 Å². The molecule has 3 aromatic heterocycles. The van der Waals surface area contributed by atoms with Crippen LogP contribution < -0.4 is 11.3 Å². The van der Waals surface area contributed by atoms with Gasteiger partial charge in [0.25, 0.3) is 0 Å². The van der Waals surface area contributed by atoms with Crippen LogP contribution in [-0.4, -0.2) is 49.1 Å². The summed E-state index contributed by atoms with van der Waals surface area (Å²) in [6.45, 7) is 0. The third kappa shape index (κ3) is 6.84. The lowest BCUT2D eigenvalue weighted by molar-refractivity contribution is 0.597. The lowest BCUT2D eigenvalue weighted by atomic mass is 10.1. The molecule has 0 bridgehead atoms. The number of benzene rings is 1. The average molecular weight is 523 g/mol. The lowest BCUT2D eigenvalue weighted by Crippen LogP contribution is -2.08. The van der Waals surface area contributed by atoms with Gasteiger partial charge in [-0.2, -0.15) is 5.10 Å². The van der Waals surface area contributed by atoms with Crippen molar-refractivity contribution in [1.82, 2.24) is 19.7 Å². The molecule has 0 amide bonds. The zero-order chi connectivity index (χ0) is 24.1. The summed E-state index contributed by atoms with van der Waals surface area (Å²) < 4.78 is 46.4. The van der Waals surface area contributed by atoms with Gasteiger partial charge in [-0.1, -0.05) is 30.3 Å². The first-order chi connectivity index (χ1) is 15.6. The van der Waals surface area contributed by atoms with Crippen molar-refractivity contribution >= 4 is 37.8 Å². The average Bonchev–Trinajstić information content (AvgIpc) is 3.29. The van der Waals surface area contributed by atoms with Crippen LogP contribution in [0.5, 0.6) is 0 Å². The van der Waals surface area contributed by atoms with Gasteiger partial charge in [-0.15, -0.1) is 12.4 Å². The third-order valence-corrected chi connectivity index (χ3v) is 6.46. The van der Waals surface area contributed by atoms with Gasteiger partial charge in [0.1, 0.15) is 0 Å². The maximum absolute atomic E-state index is 11.5. The molecule has 0 spiro atoms. The maximum atomic E-state index is 11.5. The Morgan fingerprint density at radius 2 is 1.53 bits per heavy atom. The highest BCUT2D eigenvalue weighted by molar-refractivity contribution is 7.91. The summed E-state index contributed by atoms with van der Waals surface area (Å²) in [6, 6.07) is 17.8. The second kappa shape index (κ2) is 11.2. The number of rotatable bonds is 5. The molecule has 0 aliphatic heterocycles. The summed E-state index contributed by atoms with van der Waals surface area (Å²) in [6.07, 6.45) is 6.66. The zero-order valence-electron chi connectivity index (χ0n) is 18.2. The number of nitrogens with two attached hydrogens (primary N) is 1. The topological polar surface area (TPSA) is 150 Å². The van der Waals surface area contributed by atoms with Crippen LogP contribution in [0.25, 0.3) is 17.1 Å². The van der Waals surface area contributed by atoms with Crippen LogP contribution in [0, 0.1) is 0 Å². The van der Waals surface area contributed by atoms with Crippen LogP contribution >= 0.6 is 12.4 Å². The molecule has 180 valence electrons. The highest BCUT2D eigenvalue weighted by Gasteiger charge is 2.11. The second-order valence-corrected chi connectivity index (χ2v) is 10.9. The molecular weight excluding hydrogens is 500 g/mol. The molecule has 3 heterocycles. The van der Waals surface area contributed by atoms with Gasteiger partial charge in [-0.25, -0.2) is 31.5 Å². The molecular formula is C21H23ClN6O4S2. The number of sulfone groups is 2. The molecule has 10 nitrogen and oxygen atoms in total. The number of hydrogen-bond acceptors (Lipinski definition) is 9. The number of nitrogen functional groups attached to an aromatic ring is 1. The van der Waals surface area contributed by atoms with E-state index in [9.17, 15) is 16.8 Å². The third-order valence-electron chi connectivity index (χ3n) is 4.36. The normalized spacial score (nSPS) is 11.0. The molecule has 13 heteroatoms. The first-order valence-electron chi connectivity index (χ1n) is 9.48. The van der Waals surface area contributed by atoms with E-state index in [0.29, 0.717) is 11.5 Å². The predicted molar refractivity (Wildman–Crippen MR) is 132 cm³/mol. The summed E-state index contributed by atoms with van der Waals surface area (Å²) in [7, 11) is -6.45. The minimum Gasteiger partial charge on any atom is -0.323 e. The summed E-state index contributed by atoms with van der Waals surface area (Å²) in [5, 5.41) is 4.30. The standard InChI is InChI=1S/C15H13N3O2S.C6H9N3O2S.ClH/c1-21(19,20)13-7-8-15(16-11-13)18-14(9-10-17-18)12-5-3-2-4-6-12;1-12(10,11)6-3-2-5(9-7)4-8-6;/h2-11H,1H3;2-4,9H,7H2,1H3;1H. The highest BCUT2D eigenvalue weighted by Crippen LogP contribution is 2.21. The van der Waals surface area contributed by atoms with Gasteiger partial charge in [0.15, 0.2) is 30.5 Å². The summed E-state index contributed by atoms with van der Waals surface area (Å²) in [5.74, 6) is 5.64. The lowest BCUT2D eigenvalue weighted by Gasteiger charge is -2.07. The van der Waals surface area contributed by atoms with Gasteiger partial charge in [-0.3, -0.25) is 5.84 Å². The number of hydrogen-bond donors (Lipinski definition) is 2. The number of halogens is 1. The fraction of sp³-hybridized carbons (Fsp3) is 0.0952. The molecule has 0 unspecified atom stereocenters. The molecule has 34 heavy (non-hydrogen) atoms. The van der Waals surface area contributed by atoms with Crippen molar-refractivity contribution in [2.75, 3.05) is 17.9 Å². The van der Waals surface area contributed by atoms with Crippen LogP contribution in [0.2, 0.25) is 0 Å². The van der Waals surface area contributed by atoms with E-state index in [-0.39, 0.29) is 22.3 Å². The SMILES string of the molecule is CS(=O)(=O)c1ccc(-n2nccc2-c2ccccc2)nc1.CS(=O)(=O)c1ccc(NN)cn1.Cl. The van der Waals surface area contributed by atoms with Crippen molar-refractivity contribution in [3.63, 3.8) is 0 Å². The number of nitrogens with one attached hydrogen (secondary N) is 1. The van der Waals surface area contributed by atoms with Gasteiger partial charge in [0, 0.05) is 24.3 Å². The van der Waals surface area contributed by atoms with E-state index < -0.39 is 19.7 Å². The number of aromatic nitrogens is 4. The fourth-order valence-corrected chi connectivity index (χ4v) is 3.83. The molecule has 4 aromatic rings. The second-order valence-electron chi connectivity index (χ2n) is 6.92. The van der Waals surface area contributed by atoms with E-state index in [4.69, 9.17) is 5.84 Å². The Hall–Kier alpha value is -3.32. The smallest absolute Gasteiger partial charge is 0.192 e. The van der Waals surface area contributed by atoms with Crippen LogP contribution in [0.15, 0.2) is 89.2 Å². The van der Waals surface area contributed by atoms with E-state index in [1.165, 1.54) is 24.5 Å². The van der Waals surface area contributed by atoms with Crippen molar-refractivity contribution < 1.29 is 16.8 Å². The van der Waals surface area contributed by atoms with Gasteiger partial charge in [0.05, 0.1) is 28.7 Å². The number of hydrazine groups is 1. The van der Waals surface area contributed by atoms with E-state index in [0.717, 1.165) is 23.8 Å². The van der Waals surface area contributed by atoms with Crippen LogP contribution in [-0.2, 0) is 19.7 Å². The monoisotopic (exact) mass is 522 g/mol.